The molecule has 0 aromatic rings. The summed E-state index contributed by atoms with van der Waals surface area (Å²) in [4.78, 5) is 0. The molecule has 5 heavy (non-hydrogen) atoms. The molecule has 0 saturated heterocycles. The summed E-state index contributed by atoms with van der Waals surface area (Å²) in [5.41, 5.74) is 0. The van der Waals surface area contributed by atoms with Crippen LogP contribution < -0.4 is 0 Å². The van der Waals surface area contributed by atoms with Crippen molar-refractivity contribution in [2.75, 3.05) is 0 Å². The quantitative estimate of drug-likeness (QED) is 0.424. The van der Waals surface area contributed by atoms with Gasteiger partial charge in [0.05, 0.1) is 0 Å². The Morgan fingerprint density at radius 1 is 1.00 bits per heavy atom. The second kappa shape index (κ2) is 23.6. The van der Waals surface area contributed by atoms with E-state index in [-0.39, 0.29) is 145 Å². The van der Waals surface area contributed by atoms with Crippen LogP contribution in [0.15, 0.2) is 0 Å². The van der Waals surface area contributed by atoms with Crippen molar-refractivity contribution in [1.82, 2.24) is 0 Å². The molecule has 0 N–H and O–H groups in total. The zero-order valence-corrected chi connectivity index (χ0v) is 9.35. The van der Waals surface area contributed by atoms with Crippen LogP contribution in [0, 0.1) is 41.3 Å². The first-order valence-electron chi connectivity index (χ1n) is 0. The first-order chi connectivity index (χ1) is 0. The van der Waals surface area contributed by atoms with Gasteiger partial charge >= 0.3 is 65.9 Å². The van der Waals surface area contributed by atoms with E-state index in [9.17, 15) is 0 Å². The molecular weight excluding hydrogens is 447 g/mol. The summed E-state index contributed by atoms with van der Waals surface area (Å²) >= 11 is 0. The molecule has 0 spiro atoms. The third-order valence-electron chi connectivity index (χ3n) is 0. The van der Waals surface area contributed by atoms with Crippen molar-refractivity contribution in [1.29, 1.82) is 0 Å². The normalized spacial score (nSPS) is 0. The van der Waals surface area contributed by atoms with E-state index in [0.717, 1.165) is 0 Å². The summed E-state index contributed by atoms with van der Waals surface area (Å²) in [7, 11) is 0. The smallest absolute Gasteiger partial charge is 2.00 e. The van der Waals surface area contributed by atoms with Gasteiger partial charge in [0.2, 0.25) is 0 Å². The maximum Gasteiger partial charge on any atom is 2.00 e. The molecule has 0 amide bonds. The van der Waals surface area contributed by atoms with Crippen LogP contribution in [0.3, 0.4) is 0 Å². The monoisotopic (exact) mass is 449 g/mol. The van der Waals surface area contributed by atoms with Crippen molar-refractivity contribution in [3.63, 3.8) is 0 Å². The molecule has 0 heterocycles. The van der Waals surface area contributed by atoms with Gasteiger partial charge in [-0.3, -0.25) is 0 Å². The summed E-state index contributed by atoms with van der Waals surface area (Å²) in [6.07, 6.45) is 0. The Hall–Kier alpha value is 4.52. The predicted molar refractivity (Wildman–Crippen MR) is 9.23 cm³/mol. The van der Waals surface area contributed by atoms with Crippen LogP contribution in [-0.2, 0) is 55.3 Å². The number of hydrogen-bond acceptors (Lipinski definition) is 0. The largest absolute Gasteiger partial charge is 2.00 e. The van der Waals surface area contributed by atoms with Crippen LogP contribution in [0.4, 0.5) is 0 Å². The zero-order chi connectivity index (χ0) is 0. The Morgan fingerprint density at radius 3 is 1.00 bits per heavy atom. The molecule has 0 aliphatic carbocycles. The van der Waals surface area contributed by atoms with Crippen LogP contribution >= 0.6 is 0 Å². The molecule has 0 aromatic carbocycles. The topological polar surface area (TPSA) is 28.5 Å². The third-order valence-corrected chi connectivity index (χ3v) is 0. The van der Waals surface area contributed by atoms with E-state index in [4.69, 9.17) is 0 Å². The Labute approximate surface area is 141 Å². The molecule has 3 radical (unpaired) electrons. The van der Waals surface area contributed by atoms with E-state index < -0.39 is 0 Å². The summed E-state index contributed by atoms with van der Waals surface area (Å²) in [6, 6.07) is 0. The molecule has 1 nitrogen and oxygen atoms in total. The molecule has 5 heteroatoms. The molecule has 0 rings (SSSR count). The van der Waals surface area contributed by atoms with Crippen molar-refractivity contribution in [3.8, 4) is 0 Å². The Balaban J connectivity index is 0. The van der Waals surface area contributed by atoms with Gasteiger partial charge in [0.1, 0.15) is 0 Å². The first-order valence-corrected chi connectivity index (χ1v) is 0. The average molecular weight is 449 g/mol. The second-order valence-corrected chi connectivity index (χ2v) is 0. The van der Waals surface area contributed by atoms with E-state index in [1.54, 1.807) is 0 Å². The summed E-state index contributed by atoms with van der Waals surface area (Å²) < 4.78 is 0. The number of rotatable bonds is 0. The van der Waals surface area contributed by atoms with Crippen molar-refractivity contribution >= 4 is 48.9 Å². The summed E-state index contributed by atoms with van der Waals surface area (Å²) in [5.74, 6) is 0. The van der Waals surface area contributed by atoms with Crippen molar-refractivity contribution < 1.29 is 96.5 Å². The van der Waals surface area contributed by atoms with Gasteiger partial charge in [-0.15, -0.1) is 0 Å². The minimum Gasteiger partial charge on any atom is -2.00 e. The van der Waals surface area contributed by atoms with E-state index in [1.807, 2.05) is 0 Å². The summed E-state index contributed by atoms with van der Waals surface area (Å²) in [5, 5.41) is 0. The third kappa shape index (κ3) is 17.7. The minimum atomic E-state index is 0. The van der Waals surface area contributed by atoms with Gasteiger partial charge in [-0.2, -0.15) is 0 Å². The molecule has 0 bridgehead atoms. The fourth-order valence-electron chi connectivity index (χ4n) is 0. The molecule has 0 aromatic heterocycles. The fraction of sp³-hybridized carbons (Fsp3) is 0. The SMILES string of the molecule is [BaH2].[Cu+2].[O-2].[Pr].[Y]. The van der Waals surface area contributed by atoms with Crippen molar-refractivity contribution in [3.05, 3.63) is 0 Å². The molecule has 27 valence electrons. The number of hydrogen-bond donors (Lipinski definition) is 0. The molecule has 0 aliphatic heterocycles. The first kappa shape index (κ1) is 33.8. The molecule has 0 saturated carbocycles. The fourth-order valence-corrected chi connectivity index (χ4v) is 0. The summed E-state index contributed by atoms with van der Waals surface area (Å²) in [6.45, 7) is 0. The van der Waals surface area contributed by atoms with E-state index in [0.29, 0.717) is 0 Å². The van der Waals surface area contributed by atoms with Crippen LogP contribution in [0.25, 0.3) is 0 Å². The van der Waals surface area contributed by atoms with E-state index in [2.05, 4.69) is 0 Å². The Bertz CT molecular complexity index is 11.6. The maximum absolute atomic E-state index is 0. The molecule has 0 fully saturated rings. The van der Waals surface area contributed by atoms with Gasteiger partial charge < -0.3 is 5.48 Å². The predicted octanol–water partition coefficient (Wildman–Crippen LogP) is -1.04. The second-order valence-electron chi connectivity index (χ2n) is 0. The average Bonchev–Trinajstić information content (AvgIpc) is 0. The molecular formula is H2BaCuOPrY. The van der Waals surface area contributed by atoms with E-state index in [1.165, 1.54) is 0 Å². The molecule has 0 unspecified atom stereocenters. The van der Waals surface area contributed by atoms with E-state index >= 15 is 0 Å². The van der Waals surface area contributed by atoms with Crippen molar-refractivity contribution in [2.45, 2.75) is 0 Å². The van der Waals surface area contributed by atoms with Crippen LogP contribution in [-0.4, -0.2) is 48.9 Å². The van der Waals surface area contributed by atoms with Gasteiger partial charge in [-0.05, 0) is 0 Å². The van der Waals surface area contributed by atoms with Crippen LogP contribution in [0.2, 0.25) is 0 Å². The Morgan fingerprint density at radius 2 is 1.00 bits per heavy atom. The van der Waals surface area contributed by atoms with Gasteiger partial charge in [-0.25, -0.2) is 0 Å². The molecule has 0 aliphatic rings. The van der Waals surface area contributed by atoms with Gasteiger partial charge in [0, 0.05) is 74.0 Å². The van der Waals surface area contributed by atoms with Gasteiger partial charge in [0.25, 0.3) is 0 Å². The van der Waals surface area contributed by atoms with Crippen LogP contribution in [0.5, 0.6) is 0 Å². The van der Waals surface area contributed by atoms with Gasteiger partial charge in [0.15, 0.2) is 0 Å². The zero-order valence-electron chi connectivity index (χ0n) is 1.86. The maximum atomic E-state index is 0. The minimum absolute atomic E-state index is 0. The van der Waals surface area contributed by atoms with Crippen LogP contribution in [0.1, 0.15) is 0 Å². The van der Waals surface area contributed by atoms with Crippen molar-refractivity contribution in [2.24, 2.45) is 0 Å². The standard InChI is InChI=1S/Ba.Cu.O.Pr.Y.2H/q;+2;-2;;;;. The van der Waals surface area contributed by atoms with Gasteiger partial charge in [-0.1, -0.05) is 0 Å². The Kier molecular flexibility index (Phi) is 160. The molecule has 0 atom stereocenters.